The Morgan fingerprint density at radius 1 is 1.23 bits per heavy atom. The molecule has 1 aromatic carbocycles. The summed E-state index contributed by atoms with van der Waals surface area (Å²) in [5.74, 6) is 0.00495. The van der Waals surface area contributed by atoms with Crippen molar-refractivity contribution >= 4 is 27.4 Å². The number of aromatic nitrogens is 1. The minimum absolute atomic E-state index is 0.00495. The van der Waals surface area contributed by atoms with Gasteiger partial charge < -0.3 is 5.32 Å². The lowest BCUT2D eigenvalue weighted by Crippen LogP contribution is -2.29. The molecular weight excluding hydrogens is 393 g/mol. The average Bonchev–Trinajstić information content (AvgIpc) is 2.59. The first-order chi connectivity index (χ1) is 12.1. The highest BCUT2D eigenvalue weighted by Crippen LogP contribution is 2.32. The Hall–Kier alpha value is -2.35. The lowest BCUT2D eigenvalue weighted by Gasteiger charge is -2.11. The Labute approximate surface area is 152 Å². The highest BCUT2D eigenvalue weighted by molar-refractivity contribution is 7.89. The maximum Gasteiger partial charge on any atom is 0.417 e. The van der Waals surface area contributed by atoms with Crippen LogP contribution in [0.4, 0.5) is 19.0 Å². The number of pyridine rings is 1. The summed E-state index contributed by atoms with van der Waals surface area (Å²) in [6.45, 7) is -0.0343. The minimum atomic E-state index is -4.55. The van der Waals surface area contributed by atoms with Crippen molar-refractivity contribution in [2.75, 3.05) is 18.4 Å². The standard InChI is InChI=1S/C15H12ClF3N4O2S/c16-13-7-11(15(17,18)19)9-22-14(13)21-4-5-23-26(24,25)12-3-1-2-10(6-12)8-20/h1-3,6-7,9,23H,4-5H2,(H,21,22). The van der Waals surface area contributed by atoms with Crippen LogP contribution >= 0.6 is 11.6 Å². The van der Waals surface area contributed by atoms with E-state index in [-0.39, 0.29) is 34.4 Å². The van der Waals surface area contributed by atoms with E-state index >= 15 is 0 Å². The van der Waals surface area contributed by atoms with Gasteiger partial charge >= 0.3 is 6.18 Å². The monoisotopic (exact) mass is 404 g/mol. The molecule has 26 heavy (non-hydrogen) atoms. The minimum Gasteiger partial charge on any atom is -0.368 e. The van der Waals surface area contributed by atoms with E-state index in [9.17, 15) is 21.6 Å². The molecule has 2 N–H and O–H groups in total. The summed E-state index contributed by atoms with van der Waals surface area (Å²) in [6.07, 6.45) is -3.92. The van der Waals surface area contributed by atoms with E-state index in [0.717, 1.165) is 6.07 Å². The molecular formula is C15H12ClF3N4O2S. The Kier molecular flexibility index (Phi) is 6.07. The number of nitrogens with one attached hydrogen (secondary N) is 2. The number of alkyl halides is 3. The lowest BCUT2D eigenvalue weighted by atomic mass is 10.2. The van der Waals surface area contributed by atoms with Crippen molar-refractivity contribution < 1.29 is 21.6 Å². The van der Waals surface area contributed by atoms with Crippen LogP contribution in [0.5, 0.6) is 0 Å². The third-order valence-electron chi connectivity index (χ3n) is 3.15. The first-order valence-corrected chi connectivity index (χ1v) is 8.96. The summed E-state index contributed by atoms with van der Waals surface area (Å²) >= 11 is 5.74. The van der Waals surface area contributed by atoms with E-state index in [1.54, 1.807) is 0 Å². The summed E-state index contributed by atoms with van der Waals surface area (Å²) in [4.78, 5) is 3.52. The number of halogens is 4. The van der Waals surface area contributed by atoms with Gasteiger partial charge in [-0.1, -0.05) is 17.7 Å². The van der Waals surface area contributed by atoms with Crippen LogP contribution in [0.25, 0.3) is 0 Å². The van der Waals surface area contributed by atoms with Gasteiger partial charge in [-0.3, -0.25) is 0 Å². The zero-order chi connectivity index (χ0) is 19.4. The second kappa shape index (κ2) is 7.90. The van der Waals surface area contributed by atoms with E-state index in [4.69, 9.17) is 16.9 Å². The molecule has 0 aliphatic carbocycles. The summed E-state index contributed by atoms with van der Waals surface area (Å²) < 4.78 is 64.1. The molecule has 0 fully saturated rings. The van der Waals surface area contributed by atoms with Crippen molar-refractivity contribution in [3.8, 4) is 6.07 Å². The second-order valence-corrected chi connectivity index (χ2v) is 7.19. The molecule has 0 bridgehead atoms. The van der Waals surface area contributed by atoms with Gasteiger partial charge in [0, 0.05) is 19.3 Å². The first kappa shape index (κ1) is 20.0. The van der Waals surface area contributed by atoms with Crippen molar-refractivity contribution in [3.05, 3.63) is 52.7 Å². The zero-order valence-corrected chi connectivity index (χ0v) is 14.6. The molecule has 138 valence electrons. The summed E-state index contributed by atoms with van der Waals surface area (Å²) in [5, 5.41) is 11.2. The van der Waals surface area contributed by atoms with Crippen LogP contribution in [0.2, 0.25) is 5.02 Å². The van der Waals surface area contributed by atoms with Gasteiger partial charge in [0.2, 0.25) is 10.0 Å². The Bertz CT molecular complexity index is 943. The summed E-state index contributed by atoms with van der Waals surface area (Å²) in [7, 11) is -3.83. The van der Waals surface area contributed by atoms with Gasteiger partial charge in [0.1, 0.15) is 5.82 Å². The third kappa shape index (κ3) is 5.08. The molecule has 0 amide bonds. The number of benzene rings is 1. The topological polar surface area (TPSA) is 94.9 Å². The molecule has 0 aliphatic heterocycles. The van der Waals surface area contributed by atoms with Gasteiger partial charge in [-0.2, -0.15) is 18.4 Å². The van der Waals surface area contributed by atoms with Crippen molar-refractivity contribution in [1.82, 2.24) is 9.71 Å². The van der Waals surface area contributed by atoms with E-state index in [0.29, 0.717) is 6.20 Å². The van der Waals surface area contributed by atoms with Crippen LogP contribution in [0, 0.1) is 11.3 Å². The quantitative estimate of drug-likeness (QED) is 0.722. The molecule has 0 spiro atoms. The van der Waals surface area contributed by atoms with E-state index < -0.39 is 21.8 Å². The Morgan fingerprint density at radius 2 is 1.96 bits per heavy atom. The van der Waals surface area contributed by atoms with Gasteiger partial charge in [-0.25, -0.2) is 18.1 Å². The van der Waals surface area contributed by atoms with Gasteiger partial charge in [-0.05, 0) is 24.3 Å². The molecule has 2 aromatic rings. The van der Waals surface area contributed by atoms with Crippen molar-refractivity contribution in [1.29, 1.82) is 5.26 Å². The number of rotatable bonds is 6. The molecule has 6 nitrogen and oxygen atoms in total. The van der Waals surface area contributed by atoms with Gasteiger partial charge in [0.15, 0.2) is 0 Å². The van der Waals surface area contributed by atoms with Gasteiger partial charge in [0.05, 0.1) is 27.1 Å². The highest BCUT2D eigenvalue weighted by atomic mass is 35.5. The predicted octanol–water partition coefficient (Wildman–Crippen LogP) is 3.02. The third-order valence-corrected chi connectivity index (χ3v) is 4.90. The molecule has 1 heterocycles. The van der Waals surface area contributed by atoms with E-state index in [1.807, 2.05) is 6.07 Å². The number of hydrogen-bond acceptors (Lipinski definition) is 5. The number of anilines is 1. The van der Waals surface area contributed by atoms with Gasteiger partial charge in [0.25, 0.3) is 0 Å². The van der Waals surface area contributed by atoms with Crippen LogP contribution < -0.4 is 10.0 Å². The second-order valence-electron chi connectivity index (χ2n) is 5.02. The van der Waals surface area contributed by atoms with E-state index in [2.05, 4.69) is 15.0 Å². The molecule has 0 saturated carbocycles. The molecule has 0 aliphatic rings. The maximum absolute atomic E-state index is 12.5. The number of hydrogen-bond donors (Lipinski definition) is 2. The Balaban J connectivity index is 1.95. The maximum atomic E-state index is 12.5. The highest BCUT2D eigenvalue weighted by Gasteiger charge is 2.31. The smallest absolute Gasteiger partial charge is 0.368 e. The zero-order valence-electron chi connectivity index (χ0n) is 13.0. The lowest BCUT2D eigenvalue weighted by molar-refractivity contribution is -0.137. The molecule has 0 unspecified atom stereocenters. The largest absolute Gasteiger partial charge is 0.417 e. The fourth-order valence-electron chi connectivity index (χ4n) is 1.91. The fourth-order valence-corrected chi connectivity index (χ4v) is 3.22. The van der Waals surface area contributed by atoms with Crippen LogP contribution in [0.1, 0.15) is 11.1 Å². The predicted molar refractivity (Wildman–Crippen MR) is 89.1 cm³/mol. The van der Waals surface area contributed by atoms with Crippen LogP contribution in [-0.4, -0.2) is 26.5 Å². The van der Waals surface area contributed by atoms with Crippen molar-refractivity contribution in [2.24, 2.45) is 0 Å². The Morgan fingerprint density at radius 3 is 2.58 bits per heavy atom. The van der Waals surface area contributed by atoms with Crippen molar-refractivity contribution in [3.63, 3.8) is 0 Å². The van der Waals surface area contributed by atoms with Crippen molar-refractivity contribution in [2.45, 2.75) is 11.1 Å². The van der Waals surface area contributed by atoms with E-state index in [1.165, 1.54) is 24.3 Å². The molecule has 11 heteroatoms. The summed E-state index contributed by atoms with van der Waals surface area (Å²) in [6, 6.07) is 8.05. The fraction of sp³-hybridized carbons (Fsp3) is 0.200. The molecule has 0 saturated heterocycles. The molecule has 2 rings (SSSR count). The first-order valence-electron chi connectivity index (χ1n) is 7.10. The average molecular weight is 405 g/mol. The number of nitrogens with zero attached hydrogens (tertiary/aromatic N) is 2. The van der Waals surface area contributed by atoms with Crippen LogP contribution in [-0.2, 0) is 16.2 Å². The van der Waals surface area contributed by atoms with Gasteiger partial charge in [-0.15, -0.1) is 0 Å². The van der Waals surface area contributed by atoms with Crippen LogP contribution in [0.3, 0.4) is 0 Å². The number of nitriles is 1. The molecule has 0 radical (unpaired) electrons. The SMILES string of the molecule is N#Cc1cccc(S(=O)(=O)NCCNc2ncc(C(F)(F)F)cc2Cl)c1. The molecule has 0 atom stereocenters. The summed E-state index contributed by atoms with van der Waals surface area (Å²) in [5.41, 5.74) is -0.780. The normalized spacial score (nSPS) is 11.8. The van der Waals surface area contributed by atoms with Crippen LogP contribution in [0.15, 0.2) is 41.4 Å². The molecule has 1 aromatic heterocycles. The number of sulfonamides is 1.